The third-order valence-corrected chi connectivity index (χ3v) is 5.57. The Bertz CT molecular complexity index is 775. The number of hydrogen-bond acceptors (Lipinski definition) is 2. The Balaban J connectivity index is 0.000000151. The zero-order valence-corrected chi connectivity index (χ0v) is 16.0. The lowest BCUT2D eigenvalue weighted by Crippen LogP contribution is -2.19. The number of benzene rings is 1. The first-order chi connectivity index (χ1) is 12.6. The molecule has 0 atom stereocenters. The molecule has 4 rings (SSSR count). The normalized spacial score (nSPS) is 20.3. The topological polar surface area (TPSA) is 34.1 Å². The first-order valence-electron chi connectivity index (χ1n) is 9.49. The maximum absolute atomic E-state index is 11.4. The average molecular weight is 369 g/mol. The van der Waals surface area contributed by atoms with Gasteiger partial charge in [-0.05, 0) is 44.1 Å². The van der Waals surface area contributed by atoms with Gasteiger partial charge in [0, 0.05) is 17.2 Å². The summed E-state index contributed by atoms with van der Waals surface area (Å²) in [6.45, 7) is 2.16. The standard InChI is InChI=1S/C13H18.C10H7ClO2/c1-11-7-9-13(10-8-11)12-5-3-2-4-6-12;11-8-5-9(12)6-3-1-2-4-7(6)10(8)13/h7-10,12H,2-6H2,1H3;3-5H,1-2H2. The van der Waals surface area contributed by atoms with Crippen molar-refractivity contribution in [1.82, 2.24) is 0 Å². The third-order valence-electron chi connectivity index (χ3n) is 5.29. The molecule has 0 spiro atoms. The number of rotatable bonds is 1. The van der Waals surface area contributed by atoms with E-state index in [2.05, 4.69) is 31.2 Å². The van der Waals surface area contributed by atoms with Crippen LogP contribution in [0.3, 0.4) is 0 Å². The summed E-state index contributed by atoms with van der Waals surface area (Å²) in [7, 11) is 0. The molecule has 0 N–H and O–H groups in total. The molecule has 1 fully saturated rings. The largest absolute Gasteiger partial charge is 0.289 e. The third kappa shape index (κ3) is 4.42. The Labute approximate surface area is 160 Å². The molecule has 136 valence electrons. The fourth-order valence-corrected chi connectivity index (χ4v) is 3.99. The van der Waals surface area contributed by atoms with Gasteiger partial charge in [0.1, 0.15) is 0 Å². The Kier molecular flexibility index (Phi) is 6.26. The molecule has 0 saturated heterocycles. The molecule has 0 aromatic heterocycles. The van der Waals surface area contributed by atoms with Crippen LogP contribution in [0, 0.1) is 6.92 Å². The van der Waals surface area contributed by atoms with E-state index in [9.17, 15) is 9.59 Å². The minimum absolute atomic E-state index is 0.0234. The van der Waals surface area contributed by atoms with Gasteiger partial charge in [-0.15, -0.1) is 0 Å². The smallest absolute Gasteiger partial charge is 0.204 e. The van der Waals surface area contributed by atoms with E-state index in [1.54, 1.807) is 17.7 Å². The van der Waals surface area contributed by atoms with Gasteiger partial charge in [-0.25, -0.2) is 0 Å². The molecule has 0 amide bonds. The van der Waals surface area contributed by atoms with E-state index in [4.69, 9.17) is 11.6 Å². The fourth-order valence-electron chi connectivity index (χ4n) is 3.79. The minimum Gasteiger partial charge on any atom is -0.289 e. The van der Waals surface area contributed by atoms with Crippen LogP contribution in [0.5, 0.6) is 0 Å². The molecule has 3 aliphatic carbocycles. The Morgan fingerprint density at radius 3 is 2.15 bits per heavy atom. The lowest BCUT2D eigenvalue weighted by Gasteiger charge is -2.21. The highest BCUT2D eigenvalue weighted by Crippen LogP contribution is 2.32. The maximum atomic E-state index is 11.4. The van der Waals surface area contributed by atoms with Crippen LogP contribution in [0.4, 0.5) is 0 Å². The molecule has 3 heteroatoms. The first kappa shape index (κ1) is 18.8. The van der Waals surface area contributed by atoms with E-state index in [-0.39, 0.29) is 16.6 Å². The Hall–Kier alpha value is -1.93. The number of fused-ring (bicyclic) bond motifs is 1. The summed E-state index contributed by atoms with van der Waals surface area (Å²) >= 11 is 5.60. The highest BCUT2D eigenvalue weighted by Gasteiger charge is 2.28. The van der Waals surface area contributed by atoms with Crippen molar-refractivity contribution in [3.8, 4) is 0 Å². The van der Waals surface area contributed by atoms with Crippen molar-refractivity contribution >= 4 is 23.2 Å². The van der Waals surface area contributed by atoms with Crippen molar-refractivity contribution in [3.05, 3.63) is 69.8 Å². The number of aryl methyl sites for hydroxylation is 1. The van der Waals surface area contributed by atoms with Crippen molar-refractivity contribution in [2.24, 2.45) is 0 Å². The lowest BCUT2D eigenvalue weighted by atomic mass is 9.84. The van der Waals surface area contributed by atoms with Crippen molar-refractivity contribution < 1.29 is 9.59 Å². The molecule has 1 saturated carbocycles. The van der Waals surface area contributed by atoms with Gasteiger partial charge < -0.3 is 0 Å². The highest BCUT2D eigenvalue weighted by molar-refractivity contribution is 6.49. The Morgan fingerprint density at radius 2 is 1.50 bits per heavy atom. The van der Waals surface area contributed by atoms with Gasteiger partial charge in [0.25, 0.3) is 0 Å². The van der Waals surface area contributed by atoms with Gasteiger partial charge in [-0.2, -0.15) is 0 Å². The second-order valence-corrected chi connectivity index (χ2v) is 7.65. The highest BCUT2D eigenvalue weighted by atomic mass is 35.5. The molecule has 0 bridgehead atoms. The second-order valence-electron chi connectivity index (χ2n) is 7.24. The summed E-state index contributed by atoms with van der Waals surface area (Å²) in [6, 6.07) is 9.10. The quantitative estimate of drug-likeness (QED) is 0.613. The number of Topliss-reactive ketones (excluding diaryl/α,β-unsaturated/α-hetero) is 1. The first-order valence-corrected chi connectivity index (χ1v) is 9.87. The van der Waals surface area contributed by atoms with Crippen LogP contribution >= 0.6 is 11.6 Å². The van der Waals surface area contributed by atoms with E-state index in [0.717, 1.165) is 18.8 Å². The van der Waals surface area contributed by atoms with Gasteiger partial charge in [0.15, 0.2) is 5.78 Å². The summed E-state index contributed by atoms with van der Waals surface area (Å²) in [4.78, 5) is 22.8. The number of ketones is 2. The second kappa shape index (κ2) is 8.64. The van der Waals surface area contributed by atoms with Gasteiger partial charge in [-0.1, -0.05) is 72.8 Å². The van der Waals surface area contributed by atoms with Crippen LogP contribution < -0.4 is 0 Å². The van der Waals surface area contributed by atoms with Crippen LogP contribution in [0.1, 0.15) is 62.0 Å². The van der Waals surface area contributed by atoms with Crippen molar-refractivity contribution in [2.45, 2.75) is 57.8 Å². The van der Waals surface area contributed by atoms with Crippen molar-refractivity contribution in [3.63, 3.8) is 0 Å². The number of halogens is 1. The van der Waals surface area contributed by atoms with Crippen LogP contribution in [0.25, 0.3) is 0 Å². The minimum atomic E-state index is -0.229. The molecule has 26 heavy (non-hydrogen) atoms. The molecule has 0 radical (unpaired) electrons. The van der Waals surface area contributed by atoms with E-state index in [1.807, 2.05) is 0 Å². The van der Waals surface area contributed by atoms with E-state index < -0.39 is 0 Å². The van der Waals surface area contributed by atoms with E-state index in [0.29, 0.717) is 11.1 Å². The van der Waals surface area contributed by atoms with Gasteiger partial charge >= 0.3 is 0 Å². The monoisotopic (exact) mass is 368 g/mol. The number of carbonyl (C=O) groups is 2. The summed E-state index contributed by atoms with van der Waals surface area (Å²) in [5.41, 5.74) is 3.93. The molecule has 0 aliphatic heterocycles. The summed E-state index contributed by atoms with van der Waals surface area (Å²) in [6.07, 6.45) is 13.5. The van der Waals surface area contributed by atoms with Crippen LogP contribution in [-0.2, 0) is 9.59 Å². The molecule has 0 heterocycles. The summed E-state index contributed by atoms with van der Waals surface area (Å²) < 4.78 is 0. The average Bonchev–Trinajstić information content (AvgIpc) is 2.68. The predicted molar refractivity (Wildman–Crippen MR) is 106 cm³/mol. The molecule has 3 aliphatic rings. The van der Waals surface area contributed by atoms with Crippen LogP contribution in [0.15, 0.2) is 58.7 Å². The van der Waals surface area contributed by atoms with E-state index in [1.165, 1.54) is 43.7 Å². The summed E-state index contributed by atoms with van der Waals surface area (Å²) in [5, 5.41) is 0.0234. The molecule has 1 aromatic rings. The summed E-state index contributed by atoms with van der Waals surface area (Å²) in [5.74, 6) is 0.470. The number of carbonyl (C=O) groups excluding carboxylic acids is 2. The zero-order valence-electron chi connectivity index (χ0n) is 15.3. The van der Waals surface area contributed by atoms with Crippen LogP contribution in [-0.4, -0.2) is 11.6 Å². The van der Waals surface area contributed by atoms with Gasteiger partial charge in [-0.3, -0.25) is 9.59 Å². The SMILES string of the molecule is Cc1ccc(C2CCCCC2)cc1.O=C1C=C(Cl)C(=O)C2=CCCC=C12. The molecular formula is C23H25ClO2. The van der Waals surface area contributed by atoms with E-state index >= 15 is 0 Å². The number of allylic oxidation sites excluding steroid dienone is 6. The molecule has 2 nitrogen and oxygen atoms in total. The molecule has 0 unspecified atom stereocenters. The maximum Gasteiger partial charge on any atom is 0.204 e. The zero-order chi connectivity index (χ0) is 18.5. The predicted octanol–water partition coefficient (Wildman–Crippen LogP) is 5.95. The van der Waals surface area contributed by atoms with Crippen LogP contribution in [0.2, 0.25) is 0 Å². The van der Waals surface area contributed by atoms with Crippen molar-refractivity contribution in [1.29, 1.82) is 0 Å². The van der Waals surface area contributed by atoms with Crippen molar-refractivity contribution in [2.75, 3.05) is 0 Å². The Morgan fingerprint density at radius 1 is 0.885 bits per heavy atom. The number of hydrogen-bond donors (Lipinski definition) is 0. The molecular weight excluding hydrogens is 344 g/mol. The van der Waals surface area contributed by atoms with Gasteiger partial charge in [0.05, 0.1) is 5.03 Å². The molecule has 1 aromatic carbocycles. The fraction of sp³-hybridized carbons (Fsp3) is 0.391. The van der Waals surface area contributed by atoms with Gasteiger partial charge in [0.2, 0.25) is 5.78 Å². The lowest BCUT2D eigenvalue weighted by molar-refractivity contribution is -0.115.